The number of nitrogens with two attached hydrogens (primary N) is 1. The molecule has 3 aromatic rings. The van der Waals surface area contributed by atoms with E-state index in [2.05, 4.69) is 22.1 Å². The normalized spacial score (nSPS) is 11.7. The van der Waals surface area contributed by atoms with Crippen LogP contribution >= 0.6 is 11.8 Å². The van der Waals surface area contributed by atoms with Gasteiger partial charge in [-0.1, -0.05) is 17.8 Å². The molecule has 0 spiro atoms. The number of halogens is 1. The maximum absolute atomic E-state index is 13.2. The number of thioether (sulfide) groups is 1. The van der Waals surface area contributed by atoms with Crippen molar-refractivity contribution in [3.05, 3.63) is 72.6 Å². The highest BCUT2D eigenvalue weighted by Gasteiger charge is 2.20. The molecule has 3 rings (SSSR count). The third kappa shape index (κ3) is 4.93. The molecule has 1 aromatic heterocycles. The molecule has 0 aliphatic heterocycles. The van der Waals surface area contributed by atoms with Gasteiger partial charge in [-0.3, -0.25) is 14.2 Å². The van der Waals surface area contributed by atoms with Gasteiger partial charge in [0.25, 0.3) is 0 Å². The Balaban J connectivity index is 1.74. The van der Waals surface area contributed by atoms with Gasteiger partial charge in [-0.25, -0.2) is 4.39 Å². The lowest BCUT2D eigenvalue weighted by Crippen LogP contribution is -2.23. The van der Waals surface area contributed by atoms with E-state index in [4.69, 9.17) is 5.73 Å². The molecular formula is C21H20FN5O2S. The Morgan fingerprint density at radius 1 is 1.20 bits per heavy atom. The average molecular weight is 425 g/mol. The Kier molecular flexibility index (Phi) is 6.63. The third-order valence-electron chi connectivity index (χ3n) is 4.22. The molecule has 30 heavy (non-hydrogen) atoms. The van der Waals surface area contributed by atoms with Crippen LogP contribution in [0.25, 0.3) is 11.4 Å². The number of aromatic nitrogens is 3. The molecule has 154 valence electrons. The van der Waals surface area contributed by atoms with E-state index in [0.717, 1.165) is 0 Å². The first-order chi connectivity index (χ1) is 14.4. The lowest BCUT2D eigenvalue weighted by atomic mass is 10.2. The fourth-order valence-corrected chi connectivity index (χ4v) is 3.51. The predicted molar refractivity (Wildman–Crippen MR) is 115 cm³/mol. The maximum Gasteiger partial charge on any atom is 0.248 e. The van der Waals surface area contributed by atoms with Crippen molar-refractivity contribution >= 4 is 29.3 Å². The number of amides is 2. The van der Waals surface area contributed by atoms with Crippen LogP contribution in [0.3, 0.4) is 0 Å². The molecule has 7 nitrogen and oxygen atoms in total. The lowest BCUT2D eigenvalue weighted by Gasteiger charge is -2.13. The number of anilines is 1. The van der Waals surface area contributed by atoms with Crippen molar-refractivity contribution in [3.63, 3.8) is 0 Å². The SMILES string of the molecule is C=CCn1c(S[C@@H](C)C(=O)Nc2ccc(C(N)=O)cc2)nnc1-c1ccc(F)cc1. The Bertz CT molecular complexity index is 1060. The smallest absolute Gasteiger partial charge is 0.248 e. The van der Waals surface area contributed by atoms with Crippen LogP contribution in [-0.4, -0.2) is 31.8 Å². The van der Waals surface area contributed by atoms with Crippen LogP contribution in [-0.2, 0) is 11.3 Å². The highest BCUT2D eigenvalue weighted by molar-refractivity contribution is 8.00. The zero-order valence-corrected chi connectivity index (χ0v) is 17.0. The molecule has 1 atom stereocenters. The Morgan fingerprint density at radius 2 is 1.87 bits per heavy atom. The number of primary amides is 1. The fraction of sp³-hybridized carbons (Fsp3) is 0.143. The summed E-state index contributed by atoms with van der Waals surface area (Å²) in [4.78, 5) is 23.7. The first kappa shape index (κ1) is 21.3. The minimum Gasteiger partial charge on any atom is -0.366 e. The molecule has 0 saturated carbocycles. The second kappa shape index (κ2) is 9.36. The molecule has 0 aliphatic rings. The van der Waals surface area contributed by atoms with Crippen molar-refractivity contribution in [2.24, 2.45) is 5.73 Å². The summed E-state index contributed by atoms with van der Waals surface area (Å²) >= 11 is 1.25. The first-order valence-electron chi connectivity index (χ1n) is 9.06. The van der Waals surface area contributed by atoms with Crippen molar-refractivity contribution in [1.82, 2.24) is 14.8 Å². The van der Waals surface area contributed by atoms with Gasteiger partial charge < -0.3 is 11.1 Å². The molecule has 2 aromatic carbocycles. The standard InChI is InChI=1S/C21H20FN5O2S/c1-3-12-27-19(15-4-8-16(22)9-5-15)25-26-21(27)30-13(2)20(29)24-17-10-6-14(7-11-17)18(23)28/h3-11,13H,1,12H2,2H3,(H2,23,28)(H,24,29)/t13-/m0/s1. The number of hydrogen-bond acceptors (Lipinski definition) is 5. The number of carbonyl (C=O) groups excluding carboxylic acids is 2. The van der Waals surface area contributed by atoms with Crippen LogP contribution < -0.4 is 11.1 Å². The second-order valence-corrected chi connectivity index (χ2v) is 7.71. The summed E-state index contributed by atoms with van der Waals surface area (Å²) in [7, 11) is 0. The van der Waals surface area contributed by atoms with Gasteiger partial charge in [0.15, 0.2) is 11.0 Å². The highest BCUT2D eigenvalue weighted by Crippen LogP contribution is 2.27. The van der Waals surface area contributed by atoms with Gasteiger partial charge in [-0.05, 0) is 55.5 Å². The van der Waals surface area contributed by atoms with Crippen LogP contribution in [0.5, 0.6) is 0 Å². The molecule has 1 heterocycles. The van der Waals surface area contributed by atoms with E-state index in [1.165, 1.54) is 23.9 Å². The van der Waals surface area contributed by atoms with E-state index in [9.17, 15) is 14.0 Å². The van der Waals surface area contributed by atoms with Gasteiger partial charge in [0.2, 0.25) is 11.8 Å². The number of benzene rings is 2. The van der Waals surface area contributed by atoms with E-state index in [-0.39, 0.29) is 11.7 Å². The Labute approximate surface area is 177 Å². The van der Waals surface area contributed by atoms with Crippen molar-refractivity contribution in [2.75, 3.05) is 5.32 Å². The van der Waals surface area contributed by atoms with Gasteiger partial charge in [-0.2, -0.15) is 0 Å². The molecule has 3 N–H and O–H groups in total. The van der Waals surface area contributed by atoms with Crippen LogP contribution in [0.1, 0.15) is 17.3 Å². The average Bonchev–Trinajstić information content (AvgIpc) is 3.11. The number of carbonyl (C=O) groups is 2. The van der Waals surface area contributed by atoms with Gasteiger partial charge in [-0.15, -0.1) is 16.8 Å². The van der Waals surface area contributed by atoms with Crippen molar-refractivity contribution in [1.29, 1.82) is 0 Å². The number of nitrogens with zero attached hydrogens (tertiary/aromatic N) is 3. The lowest BCUT2D eigenvalue weighted by molar-refractivity contribution is -0.115. The van der Waals surface area contributed by atoms with Crippen LogP contribution in [0.4, 0.5) is 10.1 Å². The largest absolute Gasteiger partial charge is 0.366 e. The number of hydrogen-bond donors (Lipinski definition) is 2. The molecule has 0 saturated heterocycles. The van der Waals surface area contributed by atoms with Crippen molar-refractivity contribution in [3.8, 4) is 11.4 Å². The summed E-state index contributed by atoms with van der Waals surface area (Å²) in [5.74, 6) is -0.539. The van der Waals surface area contributed by atoms with Gasteiger partial charge in [0.1, 0.15) is 5.82 Å². The summed E-state index contributed by atoms with van der Waals surface area (Å²) in [6, 6.07) is 12.3. The predicted octanol–water partition coefficient (Wildman–Crippen LogP) is 3.49. The van der Waals surface area contributed by atoms with Crippen molar-refractivity contribution < 1.29 is 14.0 Å². The number of allylic oxidation sites excluding steroid dienone is 1. The molecule has 2 amide bonds. The van der Waals surface area contributed by atoms with Crippen LogP contribution in [0.2, 0.25) is 0 Å². The maximum atomic E-state index is 13.2. The molecule has 9 heteroatoms. The summed E-state index contributed by atoms with van der Waals surface area (Å²) in [6.45, 7) is 5.95. The Hall–Kier alpha value is -3.46. The molecular weight excluding hydrogens is 405 g/mol. The summed E-state index contributed by atoms with van der Waals surface area (Å²) < 4.78 is 15.0. The van der Waals surface area contributed by atoms with Crippen LogP contribution in [0.15, 0.2) is 66.3 Å². The topological polar surface area (TPSA) is 103 Å². The minimum absolute atomic E-state index is 0.233. The van der Waals surface area contributed by atoms with Gasteiger partial charge >= 0.3 is 0 Å². The number of nitrogens with one attached hydrogen (secondary N) is 1. The monoisotopic (exact) mass is 425 g/mol. The van der Waals surface area contributed by atoms with E-state index < -0.39 is 11.2 Å². The second-order valence-electron chi connectivity index (χ2n) is 6.40. The number of rotatable bonds is 8. The molecule has 0 bridgehead atoms. The molecule has 0 aliphatic carbocycles. The first-order valence-corrected chi connectivity index (χ1v) is 9.94. The Morgan fingerprint density at radius 3 is 2.47 bits per heavy atom. The zero-order valence-electron chi connectivity index (χ0n) is 16.2. The van der Waals surface area contributed by atoms with E-state index in [1.807, 2.05) is 4.57 Å². The summed E-state index contributed by atoms with van der Waals surface area (Å²) in [5.41, 5.74) is 6.85. The molecule has 0 radical (unpaired) electrons. The quantitative estimate of drug-likeness (QED) is 0.425. The van der Waals surface area contributed by atoms with E-state index in [0.29, 0.717) is 34.3 Å². The molecule has 0 unspecified atom stereocenters. The zero-order chi connectivity index (χ0) is 21.7. The third-order valence-corrected chi connectivity index (χ3v) is 5.30. The van der Waals surface area contributed by atoms with Crippen LogP contribution in [0, 0.1) is 5.82 Å². The van der Waals surface area contributed by atoms with E-state index >= 15 is 0 Å². The minimum atomic E-state index is -0.532. The fourth-order valence-electron chi connectivity index (χ4n) is 2.66. The highest BCUT2D eigenvalue weighted by atomic mass is 32.2. The van der Waals surface area contributed by atoms with E-state index in [1.54, 1.807) is 49.4 Å². The van der Waals surface area contributed by atoms with Gasteiger partial charge in [0.05, 0.1) is 5.25 Å². The van der Waals surface area contributed by atoms with Crippen molar-refractivity contribution in [2.45, 2.75) is 23.9 Å². The molecule has 0 fully saturated rings. The summed E-state index contributed by atoms with van der Waals surface area (Å²) in [6.07, 6.45) is 1.70. The van der Waals surface area contributed by atoms with Gasteiger partial charge in [0, 0.05) is 23.4 Å². The summed E-state index contributed by atoms with van der Waals surface area (Å²) in [5, 5.41) is 11.3.